The quantitative estimate of drug-likeness (QED) is 0.740. The topological polar surface area (TPSA) is 102 Å². The van der Waals surface area contributed by atoms with Crippen LogP contribution in [0, 0.1) is 0 Å². The Labute approximate surface area is 124 Å². The predicted molar refractivity (Wildman–Crippen MR) is 78.9 cm³/mol. The number of nitrogens with one attached hydrogen (secondary N) is 1. The minimum Gasteiger partial charge on any atom is -0.465 e. The molecule has 0 fully saturated rings. The Kier molecular flexibility index (Phi) is 5.72. The van der Waals surface area contributed by atoms with E-state index in [-0.39, 0.29) is 0 Å². The van der Waals surface area contributed by atoms with Crippen molar-refractivity contribution in [1.29, 1.82) is 0 Å². The molecular formula is C15H22N2O4. The van der Waals surface area contributed by atoms with E-state index in [2.05, 4.69) is 5.32 Å². The van der Waals surface area contributed by atoms with Crippen molar-refractivity contribution in [1.82, 2.24) is 5.32 Å². The SMILES string of the molecule is CC(C)(C)OC(C(N)=O)[C@H](Cc1ccccc1)NC(=O)O. The zero-order valence-corrected chi connectivity index (χ0v) is 12.5. The molecule has 0 aliphatic heterocycles. The van der Waals surface area contributed by atoms with Gasteiger partial charge in [-0.15, -0.1) is 0 Å². The molecule has 0 heterocycles. The minimum absolute atomic E-state index is 0.316. The van der Waals surface area contributed by atoms with E-state index >= 15 is 0 Å². The molecule has 0 radical (unpaired) electrons. The fraction of sp³-hybridized carbons (Fsp3) is 0.467. The summed E-state index contributed by atoms with van der Waals surface area (Å²) in [6.45, 7) is 5.34. The summed E-state index contributed by atoms with van der Waals surface area (Å²) < 4.78 is 5.63. The lowest BCUT2D eigenvalue weighted by molar-refractivity contribution is -0.142. The van der Waals surface area contributed by atoms with Gasteiger partial charge in [0.05, 0.1) is 11.6 Å². The van der Waals surface area contributed by atoms with E-state index < -0.39 is 29.7 Å². The number of nitrogens with two attached hydrogens (primary N) is 1. The maximum absolute atomic E-state index is 11.7. The zero-order chi connectivity index (χ0) is 16.0. The predicted octanol–water partition coefficient (Wildman–Crippen LogP) is 1.53. The molecule has 2 atom stereocenters. The van der Waals surface area contributed by atoms with Crippen LogP contribution in [-0.2, 0) is 16.0 Å². The van der Waals surface area contributed by atoms with E-state index in [1.54, 1.807) is 20.8 Å². The van der Waals surface area contributed by atoms with Crippen LogP contribution in [0.4, 0.5) is 4.79 Å². The maximum Gasteiger partial charge on any atom is 0.404 e. The molecule has 1 unspecified atom stereocenters. The Balaban J connectivity index is 2.97. The van der Waals surface area contributed by atoms with Crippen molar-refractivity contribution in [3.63, 3.8) is 0 Å². The van der Waals surface area contributed by atoms with Gasteiger partial charge in [-0.05, 0) is 32.8 Å². The summed E-state index contributed by atoms with van der Waals surface area (Å²) in [5.41, 5.74) is 5.65. The molecule has 4 N–H and O–H groups in total. The average Bonchev–Trinajstić information content (AvgIpc) is 2.34. The van der Waals surface area contributed by atoms with Crippen molar-refractivity contribution in [3.8, 4) is 0 Å². The molecule has 0 saturated heterocycles. The molecule has 0 bridgehead atoms. The first-order valence-electron chi connectivity index (χ1n) is 6.69. The fourth-order valence-electron chi connectivity index (χ4n) is 1.98. The third-order valence-corrected chi connectivity index (χ3v) is 2.73. The van der Waals surface area contributed by atoms with E-state index in [9.17, 15) is 9.59 Å². The van der Waals surface area contributed by atoms with Gasteiger partial charge in [0.25, 0.3) is 0 Å². The summed E-state index contributed by atoms with van der Waals surface area (Å²) in [5, 5.41) is 11.3. The number of ether oxygens (including phenoxy) is 1. The van der Waals surface area contributed by atoms with E-state index in [4.69, 9.17) is 15.6 Å². The Hall–Kier alpha value is -2.08. The van der Waals surface area contributed by atoms with Crippen molar-refractivity contribution in [2.45, 2.75) is 44.9 Å². The summed E-state index contributed by atoms with van der Waals surface area (Å²) in [6, 6.07) is 8.51. The number of benzene rings is 1. The smallest absolute Gasteiger partial charge is 0.404 e. The van der Waals surface area contributed by atoms with Crippen LogP contribution in [0.5, 0.6) is 0 Å². The van der Waals surface area contributed by atoms with E-state index in [1.165, 1.54) is 0 Å². The minimum atomic E-state index is -1.22. The lowest BCUT2D eigenvalue weighted by Crippen LogP contribution is -2.53. The first kappa shape index (κ1) is 17.0. The van der Waals surface area contributed by atoms with Gasteiger partial charge in [-0.25, -0.2) is 4.79 Å². The van der Waals surface area contributed by atoms with Crippen LogP contribution >= 0.6 is 0 Å². The van der Waals surface area contributed by atoms with Gasteiger partial charge >= 0.3 is 6.09 Å². The number of carboxylic acid groups (broad SMARTS) is 1. The van der Waals surface area contributed by atoms with Crippen LogP contribution in [0.2, 0.25) is 0 Å². The van der Waals surface area contributed by atoms with Crippen molar-refractivity contribution in [3.05, 3.63) is 35.9 Å². The van der Waals surface area contributed by atoms with E-state index in [0.717, 1.165) is 5.56 Å². The maximum atomic E-state index is 11.7. The molecule has 1 rings (SSSR count). The van der Waals surface area contributed by atoms with Crippen molar-refractivity contribution in [2.24, 2.45) is 5.73 Å². The molecule has 6 nitrogen and oxygen atoms in total. The number of primary amides is 1. The van der Waals surface area contributed by atoms with Crippen LogP contribution in [0.3, 0.4) is 0 Å². The number of hydrogen-bond acceptors (Lipinski definition) is 3. The molecule has 116 valence electrons. The average molecular weight is 294 g/mol. The molecule has 1 aromatic carbocycles. The van der Waals surface area contributed by atoms with Crippen molar-refractivity contribution in [2.75, 3.05) is 0 Å². The summed E-state index contributed by atoms with van der Waals surface area (Å²) >= 11 is 0. The third-order valence-electron chi connectivity index (χ3n) is 2.73. The molecule has 2 amide bonds. The van der Waals surface area contributed by atoms with E-state index in [1.807, 2.05) is 30.3 Å². The second kappa shape index (κ2) is 7.08. The standard InChI is InChI=1S/C15H22N2O4/c1-15(2,3)21-12(13(16)18)11(17-14(19)20)9-10-7-5-4-6-8-10/h4-8,11-12,17H,9H2,1-3H3,(H2,16,18)(H,19,20)/t11-,12?/m0/s1. The molecule has 0 saturated carbocycles. The summed E-state index contributed by atoms with van der Waals surface area (Å²) in [5.74, 6) is -0.695. The molecule has 0 aliphatic rings. The largest absolute Gasteiger partial charge is 0.465 e. The number of amides is 2. The molecule has 1 aromatic rings. The zero-order valence-electron chi connectivity index (χ0n) is 12.5. The number of carbonyl (C=O) groups is 2. The van der Waals surface area contributed by atoms with E-state index in [0.29, 0.717) is 6.42 Å². The van der Waals surface area contributed by atoms with Crippen LogP contribution < -0.4 is 11.1 Å². The van der Waals surface area contributed by atoms with Crippen LogP contribution in [0.15, 0.2) is 30.3 Å². The second-order valence-electron chi connectivity index (χ2n) is 5.80. The van der Waals surface area contributed by atoms with Gasteiger partial charge < -0.3 is 20.9 Å². The van der Waals surface area contributed by atoms with Gasteiger partial charge in [-0.3, -0.25) is 4.79 Å². The molecule has 0 aromatic heterocycles. The normalized spacial score (nSPS) is 14.2. The summed E-state index contributed by atoms with van der Waals surface area (Å²) in [6.07, 6.45) is -1.95. The number of rotatable bonds is 6. The number of hydrogen-bond donors (Lipinski definition) is 3. The lowest BCUT2D eigenvalue weighted by atomic mass is 10.00. The molecule has 6 heteroatoms. The van der Waals surface area contributed by atoms with Crippen molar-refractivity contribution < 1.29 is 19.4 Å². The van der Waals surface area contributed by atoms with Crippen LogP contribution in [0.1, 0.15) is 26.3 Å². The fourth-order valence-corrected chi connectivity index (χ4v) is 1.98. The summed E-state index contributed by atoms with van der Waals surface area (Å²) in [7, 11) is 0. The first-order valence-corrected chi connectivity index (χ1v) is 6.69. The highest BCUT2D eigenvalue weighted by molar-refractivity contribution is 5.80. The van der Waals surface area contributed by atoms with Crippen LogP contribution in [0.25, 0.3) is 0 Å². The van der Waals surface area contributed by atoms with Gasteiger partial charge in [0.1, 0.15) is 0 Å². The molecular weight excluding hydrogens is 272 g/mol. The van der Waals surface area contributed by atoms with Gasteiger partial charge in [0, 0.05) is 0 Å². The monoisotopic (exact) mass is 294 g/mol. The van der Waals surface area contributed by atoms with Gasteiger partial charge in [-0.2, -0.15) is 0 Å². The lowest BCUT2D eigenvalue weighted by Gasteiger charge is -2.31. The second-order valence-corrected chi connectivity index (χ2v) is 5.80. The highest BCUT2D eigenvalue weighted by Gasteiger charge is 2.32. The Morgan fingerprint density at radius 3 is 2.29 bits per heavy atom. The van der Waals surface area contributed by atoms with Crippen molar-refractivity contribution >= 4 is 12.0 Å². The molecule has 0 spiro atoms. The van der Waals surface area contributed by atoms with Gasteiger partial charge in [-0.1, -0.05) is 30.3 Å². The summed E-state index contributed by atoms with van der Waals surface area (Å²) in [4.78, 5) is 22.6. The Morgan fingerprint density at radius 2 is 1.86 bits per heavy atom. The van der Waals surface area contributed by atoms with Gasteiger partial charge in [0.2, 0.25) is 5.91 Å². The third kappa shape index (κ3) is 6.27. The Morgan fingerprint density at radius 1 is 1.29 bits per heavy atom. The first-order chi connectivity index (χ1) is 9.69. The highest BCUT2D eigenvalue weighted by Crippen LogP contribution is 2.16. The van der Waals surface area contributed by atoms with Gasteiger partial charge in [0.15, 0.2) is 6.10 Å². The Bertz CT molecular complexity index is 482. The molecule has 0 aliphatic carbocycles. The highest BCUT2D eigenvalue weighted by atomic mass is 16.5. The van der Waals surface area contributed by atoms with Crippen LogP contribution in [-0.4, -0.2) is 34.9 Å². The molecule has 21 heavy (non-hydrogen) atoms. The number of carbonyl (C=O) groups excluding carboxylic acids is 1.